The van der Waals surface area contributed by atoms with E-state index in [4.69, 9.17) is 9.47 Å². The van der Waals surface area contributed by atoms with Crippen LogP contribution in [-0.2, 0) is 0 Å². The normalized spacial score (nSPS) is 28.2. The van der Waals surface area contributed by atoms with Crippen molar-refractivity contribution in [2.24, 2.45) is 5.92 Å². The molecule has 4 heteroatoms. The van der Waals surface area contributed by atoms with Crippen molar-refractivity contribution in [1.82, 2.24) is 4.90 Å². The van der Waals surface area contributed by atoms with Gasteiger partial charge in [-0.2, -0.15) is 0 Å². The molecule has 0 saturated carbocycles. The number of hydrogen-bond donors (Lipinski definition) is 1. The van der Waals surface area contributed by atoms with Gasteiger partial charge in [-0.1, -0.05) is 13.0 Å². The summed E-state index contributed by atoms with van der Waals surface area (Å²) in [6.45, 7) is 9.66. The lowest BCUT2D eigenvalue weighted by Gasteiger charge is -2.49. The second-order valence-electron chi connectivity index (χ2n) is 6.73. The Bertz CT molecular complexity index is 546. The van der Waals surface area contributed by atoms with E-state index in [2.05, 4.69) is 37.7 Å². The smallest absolute Gasteiger partial charge is 0.145 e. The molecule has 1 aromatic carbocycles. The van der Waals surface area contributed by atoms with E-state index < -0.39 is 0 Å². The summed E-state index contributed by atoms with van der Waals surface area (Å²) in [5.41, 5.74) is 1.01. The number of benzene rings is 1. The van der Waals surface area contributed by atoms with Crippen molar-refractivity contribution in [1.29, 1.82) is 0 Å². The van der Waals surface area contributed by atoms with Gasteiger partial charge in [0, 0.05) is 24.2 Å². The summed E-state index contributed by atoms with van der Waals surface area (Å²) in [5.74, 6) is 2.12. The van der Waals surface area contributed by atoms with Crippen molar-refractivity contribution < 1.29 is 9.47 Å². The van der Waals surface area contributed by atoms with Crippen LogP contribution < -0.4 is 14.8 Å². The Kier molecular flexibility index (Phi) is 5.58. The quantitative estimate of drug-likeness (QED) is 0.809. The Balaban J connectivity index is 2.34. The molecule has 0 spiro atoms. The molecule has 1 heterocycles. The first kappa shape index (κ1) is 17.7. The van der Waals surface area contributed by atoms with E-state index in [9.17, 15) is 0 Å². The van der Waals surface area contributed by atoms with Crippen LogP contribution in [0.2, 0.25) is 0 Å². The standard InChI is InChI=1S/C19H30N2O2/c1-7-10-19(12-15(3)21(4)13-14(19)2)20-17-9-8-16(22-5)11-18(17)23-6/h7-9,11,14-15,20H,1,10,12-13H2,2-6H3. The van der Waals surface area contributed by atoms with Crippen LogP contribution in [0.4, 0.5) is 5.69 Å². The molecule has 1 fully saturated rings. The number of piperidine rings is 1. The highest BCUT2D eigenvalue weighted by Gasteiger charge is 2.42. The van der Waals surface area contributed by atoms with Crippen molar-refractivity contribution in [3.63, 3.8) is 0 Å². The van der Waals surface area contributed by atoms with Crippen LogP contribution in [0.3, 0.4) is 0 Å². The van der Waals surface area contributed by atoms with Gasteiger partial charge in [0.25, 0.3) is 0 Å². The molecule has 0 bridgehead atoms. The maximum absolute atomic E-state index is 5.56. The first-order chi connectivity index (χ1) is 11.0. The average molecular weight is 318 g/mol. The Morgan fingerprint density at radius 3 is 2.70 bits per heavy atom. The van der Waals surface area contributed by atoms with Crippen molar-refractivity contribution in [3.05, 3.63) is 30.9 Å². The predicted molar refractivity (Wildman–Crippen MR) is 96.6 cm³/mol. The zero-order valence-corrected chi connectivity index (χ0v) is 15.1. The van der Waals surface area contributed by atoms with E-state index in [1.807, 2.05) is 24.3 Å². The third-order valence-electron chi connectivity index (χ3n) is 5.22. The van der Waals surface area contributed by atoms with Crippen LogP contribution in [0.25, 0.3) is 0 Å². The van der Waals surface area contributed by atoms with Crippen molar-refractivity contribution in [2.75, 3.05) is 33.1 Å². The van der Waals surface area contributed by atoms with E-state index in [1.54, 1.807) is 14.2 Å². The van der Waals surface area contributed by atoms with E-state index >= 15 is 0 Å². The molecular weight excluding hydrogens is 288 g/mol. The Morgan fingerprint density at radius 1 is 1.35 bits per heavy atom. The maximum atomic E-state index is 5.56. The number of methoxy groups -OCH3 is 2. The Hall–Kier alpha value is -1.68. The van der Waals surface area contributed by atoms with Gasteiger partial charge in [0.15, 0.2) is 0 Å². The SMILES string of the molecule is C=CCC1(Nc2ccc(OC)cc2OC)CC(C)N(C)CC1C. The molecule has 2 rings (SSSR count). The summed E-state index contributed by atoms with van der Waals surface area (Å²) in [6.07, 6.45) is 4.03. The zero-order chi connectivity index (χ0) is 17.0. The molecule has 0 aliphatic carbocycles. The van der Waals surface area contributed by atoms with Gasteiger partial charge in [0.2, 0.25) is 0 Å². The lowest BCUT2D eigenvalue weighted by atomic mass is 9.73. The molecule has 0 radical (unpaired) electrons. The van der Waals surface area contributed by atoms with Crippen molar-refractivity contribution >= 4 is 5.69 Å². The van der Waals surface area contributed by atoms with E-state index in [1.165, 1.54) is 0 Å². The fourth-order valence-electron chi connectivity index (χ4n) is 3.61. The second-order valence-corrected chi connectivity index (χ2v) is 6.73. The third kappa shape index (κ3) is 3.63. The van der Waals surface area contributed by atoms with Crippen molar-refractivity contribution in [2.45, 2.75) is 38.3 Å². The monoisotopic (exact) mass is 318 g/mol. The lowest BCUT2D eigenvalue weighted by molar-refractivity contribution is 0.0926. The van der Waals surface area contributed by atoms with Crippen LogP contribution in [-0.4, -0.2) is 44.3 Å². The topological polar surface area (TPSA) is 33.7 Å². The summed E-state index contributed by atoms with van der Waals surface area (Å²) in [7, 11) is 5.57. The van der Waals surface area contributed by atoms with E-state index in [-0.39, 0.29) is 5.54 Å². The summed E-state index contributed by atoms with van der Waals surface area (Å²) >= 11 is 0. The molecular formula is C19H30N2O2. The van der Waals surface area contributed by atoms with Gasteiger partial charge < -0.3 is 19.7 Å². The minimum absolute atomic E-state index is 0.00442. The minimum atomic E-state index is -0.00442. The summed E-state index contributed by atoms with van der Waals surface area (Å²) in [5, 5.41) is 3.79. The van der Waals surface area contributed by atoms with Crippen LogP contribution >= 0.6 is 0 Å². The molecule has 23 heavy (non-hydrogen) atoms. The van der Waals surface area contributed by atoms with E-state index in [0.717, 1.165) is 36.6 Å². The zero-order valence-electron chi connectivity index (χ0n) is 15.1. The Labute approximate surface area is 140 Å². The third-order valence-corrected chi connectivity index (χ3v) is 5.22. The largest absolute Gasteiger partial charge is 0.497 e. The van der Waals surface area contributed by atoms with Gasteiger partial charge >= 0.3 is 0 Å². The molecule has 1 N–H and O–H groups in total. The number of nitrogens with zero attached hydrogens (tertiary/aromatic N) is 1. The number of hydrogen-bond acceptors (Lipinski definition) is 4. The number of likely N-dealkylation sites (tertiary alicyclic amines) is 1. The predicted octanol–water partition coefficient (Wildman–Crippen LogP) is 3.79. The fraction of sp³-hybridized carbons (Fsp3) is 0.579. The number of ether oxygens (including phenoxy) is 2. The van der Waals surface area contributed by atoms with Gasteiger partial charge in [-0.3, -0.25) is 0 Å². The van der Waals surface area contributed by atoms with Gasteiger partial charge in [-0.15, -0.1) is 6.58 Å². The first-order valence-corrected chi connectivity index (χ1v) is 8.27. The van der Waals surface area contributed by atoms with Gasteiger partial charge in [-0.25, -0.2) is 0 Å². The molecule has 0 amide bonds. The van der Waals surface area contributed by atoms with Crippen LogP contribution in [0.1, 0.15) is 26.7 Å². The van der Waals surface area contributed by atoms with Gasteiger partial charge in [0.05, 0.1) is 19.9 Å². The van der Waals surface area contributed by atoms with Crippen LogP contribution in [0, 0.1) is 5.92 Å². The molecule has 3 unspecified atom stereocenters. The van der Waals surface area contributed by atoms with Crippen LogP contribution in [0.5, 0.6) is 11.5 Å². The van der Waals surface area contributed by atoms with Gasteiger partial charge in [-0.05, 0) is 44.9 Å². The van der Waals surface area contributed by atoms with Crippen LogP contribution in [0.15, 0.2) is 30.9 Å². The molecule has 3 atom stereocenters. The maximum Gasteiger partial charge on any atom is 0.145 e. The molecule has 1 aromatic rings. The number of anilines is 1. The fourth-order valence-corrected chi connectivity index (χ4v) is 3.61. The molecule has 0 aromatic heterocycles. The summed E-state index contributed by atoms with van der Waals surface area (Å²) < 4.78 is 10.9. The molecule has 1 aliphatic heterocycles. The van der Waals surface area contributed by atoms with E-state index in [0.29, 0.717) is 12.0 Å². The molecule has 4 nitrogen and oxygen atoms in total. The average Bonchev–Trinajstić information content (AvgIpc) is 2.53. The van der Waals surface area contributed by atoms with Gasteiger partial charge in [0.1, 0.15) is 11.5 Å². The minimum Gasteiger partial charge on any atom is -0.497 e. The highest BCUT2D eigenvalue weighted by Crippen LogP contribution is 2.40. The molecule has 128 valence electrons. The summed E-state index contributed by atoms with van der Waals surface area (Å²) in [4.78, 5) is 2.43. The van der Waals surface area contributed by atoms with Crippen molar-refractivity contribution in [3.8, 4) is 11.5 Å². The number of nitrogens with one attached hydrogen (secondary N) is 1. The number of rotatable bonds is 6. The first-order valence-electron chi connectivity index (χ1n) is 8.27. The lowest BCUT2D eigenvalue weighted by Crippen LogP contribution is -2.57. The highest BCUT2D eigenvalue weighted by molar-refractivity contribution is 5.60. The Morgan fingerprint density at radius 2 is 2.09 bits per heavy atom. The highest BCUT2D eigenvalue weighted by atomic mass is 16.5. The second kappa shape index (κ2) is 7.26. The molecule has 1 aliphatic rings. The summed E-state index contributed by atoms with van der Waals surface area (Å²) in [6, 6.07) is 6.46. The molecule has 1 saturated heterocycles.